The first kappa shape index (κ1) is 16.4. The Morgan fingerprint density at radius 2 is 2.10 bits per heavy atom. The molecule has 2 aliphatic rings. The lowest BCUT2D eigenvalue weighted by Crippen LogP contribution is -2.52. The number of amides is 1. The van der Waals surface area contributed by atoms with Crippen LogP contribution in [0.5, 0.6) is 5.75 Å². The molecule has 3 N–H and O–H groups in total. The summed E-state index contributed by atoms with van der Waals surface area (Å²) in [5, 5.41) is 9.02. The summed E-state index contributed by atoms with van der Waals surface area (Å²) < 4.78 is 7.19. The summed E-state index contributed by atoms with van der Waals surface area (Å²) in [6.07, 6.45) is 1.28. The number of halogens is 2. The van der Waals surface area contributed by atoms with Crippen LogP contribution in [0.1, 0.15) is 30.9 Å². The number of piperidine rings is 1. The molecule has 1 fully saturated rings. The van der Waals surface area contributed by atoms with Gasteiger partial charge in [-0.05, 0) is 18.2 Å². The summed E-state index contributed by atoms with van der Waals surface area (Å²) in [5.74, 6) is 0.829. The second kappa shape index (κ2) is 6.02. The van der Waals surface area contributed by atoms with Gasteiger partial charge in [-0.1, -0.05) is 15.9 Å². The van der Waals surface area contributed by atoms with Gasteiger partial charge in [-0.15, -0.1) is 12.4 Å². The Labute approximate surface area is 138 Å². The number of benzene rings is 1. The summed E-state index contributed by atoms with van der Waals surface area (Å²) >= 11 is 3.45. The van der Waals surface area contributed by atoms with Crippen molar-refractivity contribution < 1.29 is 14.6 Å². The van der Waals surface area contributed by atoms with Crippen LogP contribution in [-0.2, 0) is 0 Å². The first-order valence-corrected chi connectivity index (χ1v) is 7.50. The number of nitrogens with two attached hydrogens (primary N) is 1. The molecule has 116 valence electrons. The summed E-state index contributed by atoms with van der Waals surface area (Å²) in [5.41, 5.74) is 6.99. The molecule has 2 aliphatic heterocycles. The van der Waals surface area contributed by atoms with E-state index in [4.69, 9.17) is 15.6 Å². The maximum Gasteiger partial charge on any atom is 0.407 e. The molecule has 1 unspecified atom stereocenters. The van der Waals surface area contributed by atoms with Crippen LogP contribution in [-0.4, -0.2) is 34.8 Å². The zero-order valence-electron chi connectivity index (χ0n) is 11.4. The number of likely N-dealkylation sites (tertiary alicyclic amines) is 1. The van der Waals surface area contributed by atoms with Crippen molar-refractivity contribution in [2.45, 2.75) is 30.9 Å². The van der Waals surface area contributed by atoms with Crippen LogP contribution < -0.4 is 10.5 Å². The number of hydrogen-bond donors (Lipinski definition) is 2. The number of fused-ring (bicyclic) bond motifs is 1. The van der Waals surface area contributed by atoms with Gasteiger partial charge in [-0.3, -0.25) is 0 Å². The van der Waals surface area contributed by atoms with Gasteiger partial charge in [0.15, 0.2) is 0 Å². The molecular weight excluding hydrogens is 360 g/mol. The molecule has 0 saturated carbocycles. The topological polar surface area (TPSA) is 75.8 Å². The molecule has 1 spiro atoms. The minimum absolute atomic E-state index is 0. The van der Waals surface area contributed by atoms with Crippen LogP contribution in [0.15, 0.2) is 22.7 Å². The van der Waals surface area contributed by atoms with Crippen LogP contribution in [0.3, 0.4) is 0 Å². The van der Waals surface area contributed by atoms with Crippen LogP contribution in [0.4, 0.5) is 4.79 Å². The third kappa shape index (κ3) is 3.12. The second-order valence-corrected chi connectivity index (χ2v) is 6.46. The van der Waals surface area contributed by atoms with Crippen LogP contribution in [0.25, 0.3) is 0 Å². The SMILES string of the molecule is Cl.NC1CC2(CCN(C(=O)O)CC2)Oc2ccc(Br)cc21. The smallest absolute Gasteiger partial charge is 0.407 e. The van der Waals surface area contributed by atoms with E-state index in [1.807, 2.05) is 18.2 Å². The fourth-order valence-corrected chi connectivity index (χ4v) is 3.48. The lowest BCUT2D eigenvalue weighted by molar-refractivity contribution is -0.0175. The Morgan fingerprint density at radius 1 is 1.43 bits per heavy atom. The zero-order valence-corrected chi connectivity index (χ0v) is 13.8. The Kier molecular flexibility index (Phi) is 4.70. The standard InChI is InChI=1S/C14H17BrN2O3.ClH/c15-9-1-2-12-10(7-9)11(16)8-14(20-12)3-5-17(6-4-14)13(18)19;/h1-2,7,11H,3-6,8,16H2,(H,18,19);1H. The number of rotatable bonds is 0. The van der Waals surface area contributed by atoms with Gasteiger partial charge in [-0.2, -0.15) is 0 Å². The van der Waals surface area contributed by atoms with Gasteiger partial charge < -0.3 is 20.5 Å². The molecule has 5 nitrogen and oxygen atoms in total. The van der Waals surface area contributed by atoms with E-state index in [-0.39, 0.29) is 24.0 Å². The molecule has 1 atom stereocenters. The highest BCUT2D eigenvalue weighted by molar-refractivity contribution is 9.10. The van der Waals surface area contributed by atoms with Gasteiger partial charge in [0.05, 0.1) is 0 Å². The van der Waals surface area contributed by atoms with Crippen molar-refractivity contribution in [3.8, 4) is 5.75 Å². The molecule has 1 aromatic rings. The molecule has 0 bridgehead atoms. The van der Waals surface area contributed by atoms with E-state index >= 15 is 0 Å². The van der Waals surface area contributed by atoms with Gasteiger partial charge in [-0.25, -0.2) is 4.79 Å². The summed E-state index contributed by atoms with van der Waals surface area (Å²) in [4.78, 5) is 12.4. The first-order chi connectivity index (χ1) is 9.49. The molecule has 1 aromatic carbocycles. The van der Waals surface area contributed by atoms with Crippen molar-refractivity contribution in [3.05, 3.63) is 28.2 Å². The fraction of sp³-hybridized carbons (Fsp3) is 0.500. The van der Waals surface area contributed by atoms with Crippen molar-refractivity contribution in [1.82, 2.24) is 4.90 Å². The van der Waals surface area contributed by atoms with Crippen molar-refractivity contribution >= 4 is 34.4 Å². The largest absolute Gasteiger partial charge is 0.487 e. The molecule has 7 heteroatoms. The van der Waals surface area contributed by atoms with Gasteiger partial charge in [0.25, 0.3) is 0 Å². The minimum atomic E-state index is -0.857. The highest BCUT2D eigenvalue weighted by Crippen LogP contribution is 2.44. The normalized spacial score (nSPS) is 23.0. The average Bonchev–Trinajstić information content (AvgIpc) is 2.40. The highest BCUT2D eigenvalue weighted by atomic mass is 79.9. The predicted molar refractivity (Wildman–Crippen MR) is 85.1 cm³/mol. The molecule has 0 aromatic heterocycles. The first-order valence-electron chi connectivity index (χ1n) is 6.71. The number of carboxylic acid groups (broad SMARTS) is 1. The van der Waals surface area contributed by atoms with Crippen LogP contribution in [0.2, 0.25) is 0 Å². The van der Waals surface area contributed by atoms with E-state index in [0.717, 1.165) is 22.2 Å². The fourth-order valence-electron chi connectivity index (χ4n) is 3.10. The zero-order chi connectivity index (χ0) is 14.3. The minimum Gasteiger partial charge on any atom is -0.487 e. The van der Waals surface area contributed by atoms with Crippen molar-refractivity contribution in [2.75, 3.05) is 13.1 Å². The quantitative estimate of drug-likeness (QED) is 0.728. The van der Waals surface area contributed by atoms with Gasteiger partial charge in [0, 0.05) is 48.4 Å². The maximum atomic E-state index is 11.0. The molecule has 2 heterocycles. The number of carbonyl (C=O) groups is 1. The van der Waals surface area contributed by atoms with E-state index in [9.17, 15) is 4.79 Å². The van der Waals surface area contributed by atoms with E-state index in [0.29, 0.717) is 25.9 Å². The monoisotopic (exact) mass is 376 g/mol. The summed E-state index contributed by atoms with van der Waals surface area (Å²) in [7, 11) is 0. The summed E-state index contributed by atoms with van der Waals surface area (Å²) in [6, 6.07) is 5.81. The molecular formula is C14H18BrClN2O3. The Bertz CT molecular complexity index is 547. The number of hydrogen-bond acceptors (Lipinski definition) is 3. The third-order valence-electron chi connectivity index (χ3n) is 4.23. The Morgan fingerprint density at radius 3 is 2.71 bits per heavy atom. The van der Waals surface area contributed by atoms with Gasteiger partial charge >= 0.3 is 6.09 Å². The molecule has 0 aliphatic carbocycles. The molecule has 0 radical (unpaired) electrons. The molecule has 3 rings (SSSR count). The lowest BCUT2D eigenvalue weighted by atomic mass is 9.81. The van der Waals surface area contributed by atoms with E-state index in [1.165, 1.54) is 4.90 Å². The van der Waals surface area contributed by atoms with E-state index < -0.39 is 6.09 Å². The van der Waals surface area contributed by atoms with Gasteiger partial charge in [0.2, 0.25) is 0 Å². The maximum absolute atomic E-state index is 11.0. The van der Waals surface area contributed by atoms with Crippen LogP contribution >= 0.6 is 28.3 Å². The average molecular weight is 378 g/mol. The third-order valence-corrected chi connectivity index (χ3v) is 4.73. The van der Waals surface area contributed by atoms with Crippen LogP contribution in [0, 0.1) is 0 Å². The second-order valence-electron chi connectivity index (χ2n) is 5.55. The number of nitrogens with zero attached hydrogens (tertiary/aromatic N) is 1. The van der Waals surface area contributed by atoms with E-state index in [1.54, 1.807) is 0 Å². The van der Waals surface area contributed by atoms with E-state index in [2.05, 4.69) is 15.9 Å². The van der Waals surface area contributed by atoms with Crippen molar-refractivity contribution in [1.29, 1.82) is 0 Å². The number of ether oxygens (including phenoxy) is 1. The van der Waals surface area contributed by atoms with Gasteiger partial charge in [0.1, 0.15) is 11.4 Å². The Balaban J connectivity index is 0.00000161. The Hall–Kier alpha value is -0.980. The molecule has 1 saturated heterocycles. The van der Waals surface area contributed by atoms with Crippen molar-refractivity contribution in [2.24, 2.45) is 5.73 Å². The van der Waals surface area contributed by atoms with Crippen molar-refractivity contribution in [3.63, 3.8) is 0 Å². The lowest BCUT2D eigenvalue weighted by Gasteiger charge is -2.45. The summed E-state index contributed by atoms with van der Waals surface area (Å²) in [6.45, 7) is 1.02. The highest BCUT2D eigenvalue weighted by Gasteiger charge is 2.43. The predicted octanol–water partition coefficient (Wildman–Crippen LogP) is 3.17. The molecule has 1 amide bonds. The molecule has 21 heavy (non-hydrogen) atoms.